The van der Waals surface area contributed by atoms with Crippen molar-refractivity contribution in [3.8, 4) is 17.0 Å². The van der Waals surface area contributed by atoms with Gasteiger partial charge in [0, 0.05) is 42.7 Å². The highest BCUT2D eigenvalue weighted by molar-refractivity contribution is 5.97. The van der Waals surface area contributed by atoms with Crippen molar-refractivity contribution in [2.24, 2.45) is 7.05 Å². The molecule has 31 heavy (non-hydrogen) atoms. The average Bonchev–Trinajstić information content (AvgIpc) is 3.13. The van der Waals surface area contributed by atoms with Gasteiger partial charge in [-0.3, -0.25) is 19.4 Å². The van der Waals surface area contributed by atoms with Crippen LogP contribution in [0.2, 0.25) is 0 Å². The van der Waals surface area contributed by atoms with Crippen LogP contribution in [-0.2, 0) is 20.0 Å². The van der Waals surface area contributed by atoms with Crippen molar-refractivity contribution in [1.29, 1.82) is 0 Å². The lowest BCUT2D eigenvalue weighted by Gasteiger charge is -2.26. The molecule has 1 aliphatic heterocycles. The Kier molecular flexibility index (Phi) is 4.62. The molecule has 2 aromatic carbocycles. The number of hydrogen-bond acceptors (Lipinski definition) is 5. The lowest BCUT2D eigenvalue weighted by Crippen LogP contribution is -2.36. The molecule has 0 aliphatic carbocycles. The smallest absolute Gasteiger partial charge is 0.254 e. The molecule has 2 aromatic heterocycles. The average molecular weight is 417 g/mol. The number of methoxy groups -OCH3 is 1. The molecule has 0 N–H and O–H groups in total. The van der Waals surface area contributed by atoms with Crippen LogP contribution in [0.15, 0.2) is 48.8 Å². The second-order valence-electron chi connectivity index (χ2n) is 7.48. The number of carbonyl (C=O) groups is 1. The van der Waals surface area contributed by atoms with Gasteiger partial charge in [0.15, 0.2) is 11.6 Å². The molecule has 0 unspecified atom stereocenters. The third-order valence-corrected chi connectivity index (χ3v) is 5.63. The molecule has 0 fully saturated rings. The number of amides is 1. The lowest BCUT2D eigenvalue weighted by atomic mass is 9.99. The van der Waals surface area contributed by atoms with Crippen LogP contribution >= 0.6 is 0 Å². The minimum atomic E-state index is -0.415. The van der Waals surface area contributed by atoms with Gasteiger partial charge in [-0.1, -0.05) is 0 Å². The summed E-state index contributed by atoms with van der Waals surface area (Å²) < 4.78 is 21.0. The Balaban J connectivity index is 1.44. The van der Waals surface area contributed by atoms with Crippen molar-refractivity contribution < 1.29 is 13.9 Å². The van der Waals surface area contributed by atoms with E-state index in [1.807, 2.05) is 19.2 Å². The molecule has 8 heteroatoms. The first-order valence-electron chi connectivity index (χ1n) is 9.94. The van der Waals surface area contributed by atoms with Crippen molar-refractivity contribution in [3.63, 3.8) is 0 Å². The number of aromatic nitrogens is 4. The summed E-state index contributed by atoms with van der Waals surface area (Å²) in [5.41, 5.74) is 5.49. The van der Waals surface area contributed by atoms with Gasteiger partial charge in [-0.15, -0.1) is 0 Å². The molecule has 4 aromatic rings. The third-order valence-electron chi connectivity index (χ3n) is 5.63. The number of ether oxygens (including phenoxy) is 1. The molecule has 1 aliphatic rings. The third kappa shape index (κ3) is 3.30. The maximum Gasteiger partial charge on any atom is 0.254 e. The van der Waals surface area contributed by atoms with Gasteiger partial charge in [-0.05, 0) is 42.8 Å². The second-order valence-corrected chi connectivity index (χ2v) is 7.48. The molecule has 7 nitrogen and oxygen atoms in total. The van der Waals surface area contributed by atoms with E-state index in [4.69, 9.17) is 4.74 Å². The highest BCUT2D eigenvalue weighted by atomic mass is 19.1. The number of halogens is 1. The standard InChI is InChI=1S/C23H20FN5O2/c1-28-22(14-4-6-21(31-2)17(24)11-14)16-7-10-29(13-20(16)27-28)23(30)15-3-5-18-19(12-15)26-9-8-25-18/h3-6,8-9,11-12H,7,10,13H2,1-2H3. The number of carbonyl (C=O) groups excluding carboxylic acids is 1. The molecule has 0 bridgehead atoms. The van der Waals surface area contributed by atoms with Crippen LogP contribution in [0.25, 0.3) is 22.3 Å². The van der Waals surface area contributed by atoms with Crippen LogP contribution in [0.3, 0.4) is 0 Å². The van der Waals surface area contributed by atoms with Gasteiger partial charge in [0.2, 0.25) is 0 Å². The summed E-state index contributed by atoms with van der Waals surface area (Å²) in [6.45, 7) is 0.959. The zero-order valence-electron chi connectivity index (χ0n) is 17.2. The SMILES string of the molecule is COc1ccc(-c2c3c(nn2C)CN(C(=O)c2ccc4nccnc4c2)CC3)cc1F. The lowest BCUT2D eigenvalue weighted by molar-refractivity contribution is 0.0732. The van der Waals surface area contributed by atoms with Crippen molar-refractivity contribution in [2.45, 2.75) is 13.0 Å². The Morgan fingerprint density at radius 1 is 1.10 bits per heavy atom. The number of benzene rings is 2. The van der Waals surface area contributed by atoms with Gasteiger partial charge >= 0.3 is 0 Å². The minimum absolute atomic E-state index is 0.0686. The molecular weight excluding hydrogens is 397 g/mol. The predicted octanol–water partition coefficient (Wildman–Crippen LogP) is 3.38. The van der Waals surface area contributed by atoms with Crippen LogP contribution in [-0.4, -0.2) is 44.2 Å². The zero-order valence-corrected chi connectivity index (χ0v) is 17.2. The van der Waals surface area contributed by atoms with E-state index >= 15 is 0 Å². The Hall–Kier alpha value is -3.81. The molecule has 0 atom stereocenters. The topological polar surface area (TPSA) is 73.1 Å². The van der Waals surface area contributed by atoms with E-state index in [0.29, 0.717) is 30.6 Å². The van der Waals surface area contributed by atoms with E-state index in [0.717, 1.165) is 28.0 Å². The zero-order chi connectivity index (χ0) is 21.5. The fraction of sp³-hybridized carbons (Fsp3) is 0.217. The molecule has 0 saturated heterocycles. The molecule has 0 saturated carbocycles. The van der Waals surface area contributed by atoms with Gasteiger partial charge in [0.25, 0.3) is 5.91 Å². The van der Waals surface area contributed by atoms with Crippen LogP contribution in [0.5, 0.6) is 5.75 Å². The molecule has 156 valence electrons. The Morgan fingerprint density at radius 3 is 2.68 bits per heavy atom. The molecule has 1 amide bonds. The first kappa shape index (κ1) is 19.2. The molecule has 5 rings (SSSR count). The number of nitrogens with zero attached hydrogens (tertiary/aromatic N) is 5. The molecular formula is C23H20FN5O2. The first-order chi connectivity index (χ1) is 15.0. The van der Waals surface area contributed by atoms with Crippen molar-refractivity contribution >= 4 is 16.9 Å². The number of aryl methyl sites for hydroxylation is 1. The summed E-state index contributed by atoms with van der Waals surface area (Å²) in [5, 5.41) is 4.62. The maximum absolute atomic E-state index is 14.3. The van der Waals surface area contributed by atoms with Gasteiger partial charge in [-0.2, -0.15) is 5.10 Å². The summed E-state index contributed by atoms with van der Waals surface area (Å²) in [7, 11) is 3.28. The molecule has 3 heterocycles. The van der Waals surface area contributed by atoms with Crippen LogP contribution in [0.1, 0.15) is 21.6 Å². The summed E-state index contributed by atoms with van der Waals surface area (Å²) in [5.74, 6) is -0.278. The summed E-state index contributed by atoms with van der Waals surface area (Å²) in [4.78, 5) is 23.4. The van der Waals surface area contributed by atoms with E-state index in [9.17, 15) is 9.18 Å². The molecule has 0 spiro atoms. The van der Waals surface area contributed by atoms with E-state index in [-0.39, 0.29) is 11.7 Å². The van der Waals surface area contributed by atoms with Crippen molar-refractivity contribution in [3.05, 3.63) is 71.4 Å². The Bertz CT molecular complexity index is 1320. The fourth-order valence-electron chi connectivity index (χ4n) is 4.15. The predicted molar refractivity (Wildman–Crippen MR) is 113 cm³/mol. The van der Waals surface area contributed by atoms with E-state index in [1.165, 1.54) is 13.2 Å². The van der Waals surface area contributed by atoms with Crippen LogP contribution < -0.4 is 4.74 Å². The fourth-order valence-corrected chi connectivity index (χ4v) is 4.15. The normalized spacial score (nSPS) is 13.3. The summed E-state index contributed by atoms with van der Waals surface area (Å²) in [6, 6.07) is 10.3. The summed E-state index contributed by atoms with van der Waals surface area (Å²) >= 11 is 0. The highest BCUT2D eigenvalue weighted by Crippen LogP contribution is 2.32. The monoisotopic (exact) mass is 417 g/mol. The highest BCUT2D eigenvalue weighted by Gasteiger charge is 2.28. The second kappa shape index (κ2) is 7.46. The Morgan fingerprint density at radius 2 is 1.90 bits per heavy atom. The Labute approximate surface area is 178 Å². The number of fused-ring (bicyclic) bond motifs is 2. The van der Waals surface area contributed by atoms with Crippen molar-refractivity contribution in [1.82, 2.24) is 24.6 Å². The maximum atomic E-state index is 14.3. The number of hydrogen-bond donors (Lipinski definition) is 0. The van der Waals surface area contributed by atoms with E-state index in [2.05, 4.69) is 15.1 Å². The van der Waals surface area contributed by atoms with Gasteiger partial charge in [-0.25, -0.2) is 4.39 Å². The molecule has 0 radical (unpaired) electrons. The van der Waals surface area contributed by atoms with Gasteiger partial charge < -0.3 is 9.64 Å². The largest absolute Gasteiger partial charge is 0.494 e. The van der Waals surface area contributed by atoms with Crippen LogP contribution in [0, 0.1) is 5.82 Å². The van der Waals surface area contributed by atoms with Gasteiger partial charge in [0.05, 0.1) is 36.1 Å². The van der Waals surface area contributed by atoms with Crippen molar-refractivity contribution in [2.75, 3.05) is 13.7 Å². The first-order valence-corrected chi connectivity index (χ1v) is 9.94. The quantitative estimate of drug-likeness (QED) is 0.511. The van der Waals surface area contributed by atoms with Gasteiger partial charge in [0.1, 0.15) is 0 Å². The van der Waals surface area contributed by atoms with E-state index in [1.54, 1.807) is 40.2 Å². The number of rotatable bonds is 3. The summed E-state index contributed by atoms with van der Waals surface area (Å²) in [6.07, 6.45) is 3.88. The van der Waals surface area contributed by atoms with E-state index < -0.39 is 5.82 Å². The van der Waals surface area contributed by atoms with Crippen LogP contribution in [0.4, 0.5) is 4.39 Å². The minimum Gasteiger partial charge on any atom is -0.494 e.